The first-order chi connectivity index (χ1) is 6.68. The zero-order valence-corrected chi connectivity index (χ0v) is 8.83. The van der Waals surface area contributed by atoms with Crippen molar-refractivity contribution in [3.05, 3.63) is 0 Å². The van der Waals surface area contributed by atoms with Crippen LogP contribution in [0.25, 0.3) is 0 Å². The van der Waals surface area contributed by atoms with Gasteiger partial charge in [-0.3, -0.25) is 4.79 Å². The van der Waals surface area contributed by atoms with Gasteiger partial charge >= 0.3 is 0 Å². The first kappa shape index (κ1) is 9.97. The summed E-state index contributed by atoms with van der Waals surface area (Å²) in [6.45, 7) is 3.10. The van der Waals surface area contributed by atoms with E-state index in [1.54, 1.807) is 0 Å². The van der Waals surface area contributed by atoms with Crippen LogP contribution in [0.3, 0.4) is 0 Å². The predicted octanol–water partition coefficient (Wildman–Crippen LogP) is 0.886. The first-order valence-corrected chi connectivity index (χ1v) is 5.71. The standard InChI is InChI=1S/C11H20N2O/c1-7-5-8(7)6-13-11(14)9-3-2-4-10(9)12/h7-10H,2-6,12H2,1H3,(H,13,14). The van der Waals surface area contributed by atoms with E-state index in [1.807, 2.05) is 0 Å². The molecule has 0 heterocycles. The second kappa shape index (κ2) is 3.89. The smallest absolute Gasteiger partial charge is 0.224 e. The number of rotatable bonds is 3. The van der Waals surface area contributed by atoms with Crippen molar-refractivity contribution in [2.45, 2.75) is 38.6 Å². The van der Waals surface area contributed by atoms with Crippen molar-refractivity contribution in [2.75, 3.05) is 6.54 Å². The number of carbonyl (C=O) groups is 1. The number of hydrogen-bond donors (Lipinski definition) is 2. The summed E-state index contributed by atoms with van der Waals surface area (Å²) in [6, 6.07) is 0.103. The van der Waals surface area contributed by atoms with Crippen LogP contribution in [0.5, 0.6) is 0 Å². The fourth-order valence-electron chi connectivity index (χ4n) is 2.36. The molecule has 0 bridgehead atoms. The van der Waals surface area contributed by atoms with E-state index in [9.17, 15) is 4.79 Å². The Morgan fingerprint density at radius 2 is 2.21 bits per heavy atom. The first-order valence-electron chi connectivity index (χ1n) is 5.71. The molecule has 0 aromatic carbocycles. The zero-order valence-electron chi connectivity index (χ0n) is 8.83. The van der Waals surface area contributed by atoms with Crippen LogP contribution in [0.2, 0.25) is 0 Å². The summed E-state index contributed by atoms with van der Waals surface area (Å²) >= 11 is 0. The molecule has 3 nitrogen and oxygen atoms in total. The summed E-state index contributed by atoms with van der Waals surface area (Å²) in [4.78, 5) is 11.7. The van der Waals surface area contributed by atoms with Crippen LogP contribution in [-0.2, 0) is 4.79 Å². The zero-order chi connectivity index (χ0) is 10.1. The molecular weight excluding hydrogens is 176 g/mol. The van der Waals surface area contributed by atoms with Crippen LogP contribution in [0, 0.1) is 17.8 Å². The van der Waals surface area contributed by atoms with Gasteiger partial charge in [0.05, 0.1) is 5.92 Å². The Hall–Kier alpha value is -0.570. The molecule has 4 atom stereocenters. The molecule has 2 fully saturated rings. The van der Waals surface area contributed by atoms with Gasteiger partial charge in [0.1, 0.15) is 0 Å². The van der Waals surface area contributed by atoms with Gasteiger partial charge in [-0.1, -0.05) is 13.3 Å². The fourth-order valence-corrected chi connectivity index (χ4v) is 2.36. The maximum atomic E-state index is 11.7. The number of carbonyl (C=O) groups excluding carboxylic acids is 1. The lowest BCUT2D eigenvalue weighted by atomic mass is 10.0. The third-order valence-electron chi connectivity index (χ3n) is 3.72. The average molecular weight is 196 g/mol. The Kier molecular flexibility index (Phi) is 2.77. The van der Waals surface area contributed by atoms with Gasteiger partial charge in [-0.05, 0) is 31.1 Å². The van der Waals surface area contributed by atoms with Gasteiger partial charge in [0, 0.05) is 12.6 Å². The maximum absolute atomic E-state index is 11.7. The van der Waals surface area contributed by atoms with E-state index in [0.29, 0.717) is 0 Å². The quantitative estimate of drug-likeness (QED) is 0.704. The fraction of sp³-hybridized carbons (Fsp3) is 0.909. The van der Waals surface area contributed by atoms with Crippen LogP contribution >= 0.6 is 0 Å². The molecule has 4 unspecified atom stereocenters. The molecule has 0 aliphatic heterocycles. The van der Waals surface area contributed by atoms with Gasteiger partial charge in [-0.15, -0.1) is 0 Å². The molecule has 2 aliphatic carbocycles. The summed E-state index contributed by atoms with van der Waals surface area (Å²) < 4.78 is 0. The lowest BCUT2D eigenvalue weighted by Crippen LogP contribution is -2.39. The van der Waals surface area contributed by atoms with E-state index in [1.165, 1.54) is 6.42 Å². The van der Waals surface area contributed by atoms with Gasteiger partial charge in [-0.2, -0.15) is 0 Å². The normalized spacial score (nSPS) is 41.0. The molecular formula is C11H20N2O. The van der Waals surface area contributed by atoms with E-state index < -0.39 is 0 Å². The number of nitrogens with two attached hydrogens (primary N) is 1. The molecule has 0 aromatic rings. The Labute approximate surface area is 85.4 Å². The molecule has 3 heteroatoms. The maximum Gasteiger partial charge on any atom is 0.224 e. The monoisotopic (exact) mass is 196 g/mol. The van der Waals surface area contributed by atoms with Gasteiger partial charge < -0.3 is 11.1 Å². The summed E-state index contributed by atoms with van der Waals surface area (Å²) in [5.41, 5.74) is 5.87. The SMILES string of the molecule is CC1CC1CNC(=O)C1CCCC1N. The molecule has 1 amide bonds. The number of nitrogens with one attached hydrogen (secondary N) is 1. The van der Waals surface area contributed by atoms with Crippen LogP contribution in [0.15, 0.2) is 0 Å². The largest absolute Gasteiger partial charge is 0.356 e. The average Bonchev–Trinajstić information content (AvgIpc) is 2.67. The summed E-state index contributed by atoms with van der Waals surface area (Å²) in [7, 11) is 0. The number of amides is 1. The molecule has 2 saturated carbocycles. The van der Waals surface area contributed by atoms with Gasteiger partial charge in [-0.25, -0.2) is 0 Å². The van der Waals surface area contributed by atoms with Crippen molar-refractivity contribution in [3.8, 4) is 0 Å². The van der Waals surface area contributed by atoms with Gasteiger partial charge in [0.25, 0.3) is 0 Å². The molecule has 14 heavy (non-hydrogen) atoms. The summed E-state index contributed by atoms with van der Waals surface area (Å²) in [6.07, 6.45) is 4.38. The molecule has 2 aliphatic rings. The minimum atomic E-state index is 0.0871. The van der Waals surface area contributed by atoms with Crippen molar-refractivity contribution in [3.63, 3.8) is 0 Å². The lowest BCUT2D eigenvalue weighted by Gasteiger charge is -2.14. The van der Waals surface area contributed by atoms with Crippen molar-refractivity contribution < 1.29 is 4.79 Å². The molecule has 80 valence electrons. The highest BCUT2D eigenvalue weighted by Gasteiger charge is 2.34. The Morgan fingerprint density at radius 1 is 1.50 bits per heavy atom. The van der Waals surface area contributed by atoms with Gasteiger partial charge in [0.15, 0.2) is 0 Å². The number of hydrogen-bond acceptors (Lipinski definition) is 2. The molecule has 3 N–H and O–H groups in total. The van der Waals surface area contributed by atoms with Crippen LogP contribution < -0.4 is 11.1 Å². The van der Waals surface area contributed by atoms with Crippen LogP contribution in [0.1, 0.15) is 32.6 Å². The highest BCUT2D eigenvalue weighted by molar-refractivity contribution is 5.79. The molecule has 0 radical (unpaired) electrons. The topological polar surface area (TPSA) is 55.1 Å². The van der Waals surface area contributed by atoms with E-state index in [4.69, 9.17) is 5.73 Å². The van der Waals surface area contributed by atoms with E-state index >= 15 is 0 Å². The third kappa shape index (κ3) is 2.08. The predicted molar refractivity (Wildman–Crippen MR) is 55.6 cm³/mol. The third-order valence-corrected chi connectivity index (χ3v) is 3.72. The molecule has 2 rings (SSSR count). The Bertz CT molecular complexity index is 229. The summed E-state index contributed by atoms with van der Waals surface area (Å²) in [5.74, 6) is 1.82. The molecule has 0 spiro atoms. The minimum absolute atomic E-state index is 0.0871. The lowest BCUT2D eigenvalue weighted by molar-refractivity contribution is -0.125. The second-order valence-electron chi connectivity index (χ2n) is 4.92. The van der Waals surface area contributed by atoms with E-state index in [-0.39, 0.29) is 17.9 Å². The van der Waals surface area contributed by atoms with Crippen molar-refractivity contribution in [1.29, 1.82) is 0 Å². The van der Waals surface area contributed by atoms with E-state index in [2.05, 4.69) is 12.2 Å². The van der Waals surface area contributed by atoms with Crippen molar-refractivity contribution in [2.24, 2.45) is 23.5 Å². The van der Waals surface area contributed by atoms with Crippen LogP contribution in [-0.4, -0.2) is 18.5 Å². The van der Waals surface area contributed by atoms with Gasteiger partial charge in [0.2, 0.25) is 5.91 Å². The molecule has 0 aromatic heterocycles. The highest BCUT2D eigenvalue weighted by Crippen LogP contribution is 2.36. The van der Waals surface area contributed by atoms with Crippen molar-refractivity contribution >= 4 is 5.91 Å². The second-order valence-corrected chi connectivity index (χ2v) is 4.92. The minimum Gasteiger partial charge on any atom is -0.356 e. The Balaban J connectivity index is 1.72. The summed E-state index contributed by atoms with van der Waals surface area (Å²) in [5, 5.41) is 3.03. The Morgan fingerprint density at radius 3 is 2.71 bits per heavy atom. The van der Waals surface area contributed by atoms with Crippen molar-refractivity contribution in [1.82, 2.24) is 5.32 Å². The van der Waals surface area contributed by atoms with Crippen LogP contribution in [0.4, 0.5) is 0 Å². The van der Waals surface area contributed by atoms with E-state index in [0.717, 1.165) is 37.6 Å². The highest BCUT2D eigenvalue weighted by atomic mass is 16.1. The molecule has 0 saturated heterocycles.